The van der Waals surface area contributed by atoms with E-state index in [1.807, 2.05) is 12.1 Å². The Morgan fingerprint density at radius 1 is 1.39 bits per heavy atom. The summed E-state index contributed by atoms with van der Waals surface area (Å²) in [4.78, 5) is 14.3. The lowest BCUT2D eigenvalue weighted by Crippen LogP contribution is -2.27. The average Bonchev–Trinajstić information content (AvgIpc) is 2.38. The van der Waals surface area contributed by atoms with Gasteiger partial charge in [0.1, 0.15) is 0 Å². The molecule has 0 unspecified atom stereocenters. The van der Waals surface area contributed by atoms with Gasteiger partial charge in [-0.15, -0.1) is 0 Å². The summed E-state index contributed by atoms with van der Waals surface area (Å²) in [5.74, 6) is -0.120. The van der Waals surface area contributed by atoms with E-state index >= 15 is 0 Å². The molecule has 0 heterocycles. The van der Waals surface area contributed by atoms with Crippen LogP contribution in [0.3, 0.4) is 0 Å². The lowest BCUT2D eigenvalue weighted by molar-refractivity contribution is 0.0920. The summed E-state index contributed by atoms with van der Waals surface area (Å²) in [6.07, 6.45) is 0. The van der Waals surface area contributed by atoms with Crippen molar-refractivity contribution in [2.45, 2.75) is 0 Å². The molecule has 1 aromatic rings. The smallest absolute Gasteiger partial charge is 0.251 e. The number of nitrogens with one attached hydrogen (secondary N) is 1. The number of ether oxygens (including phenoxy) is 1. The Labute approximate surface area is 118 Å². The Morgan fingerprint density at radius 3 is 2.78 bits per heavy atom. The molecule has 0 spiro atoms. The van der Waals surface area contributed by atoms with Gasteiger partial charge in [0, 0.05) is 27.1 Å². The van der Waals surface area contributed by atoms with Gasteiger partial charge in [0.15, 0.2) is 0 Å². The molecule has 7 heteroatoms. The van der Waals surface area contributed by atoms with Crippen molar-refractivity contribution in [2.75, 3.05) is 26.3 Å². The first-order valence-corrected chi connectivity index (χ1v) is 6.44. The molecule has 1 amide bonds. The van der Waals surface area contributed by atoms with Crippen LogP contribution in [0.15, 0.2) is 29.4 Å². The molecule has 0 radical (unpaired) electrons. The topological polar surface area (TPSA) is 87.1 Å². The third kappa shape index (κ3) is 5.85. The molecule has 0 fully saturated rings. The number of azide groups is 1. The van der Waals surface area contributed by atoms with Gasteiger partial charge < -0.3 is 10.1 Å². The summed E-state index contributed by atoms with van der Waals surface area (Å²) in [6, 6.07) is 7.32. The Kier molecular flexibility index (Phi) is 7.16. The van der Waals surface area contributed by atoms with Crippen molar-refractivity contribution in [3.8, 4) is 0 Å². The lowest BCUT2D eigenvalue weighted by atomic mass is 10.2. The first-order chi connectivity index (χ1) is 8.74. The van der Waals surface area contributed by atoms with Crippen molar-refractivity contribution < 1.29 is 9.53 Å². The summed E-state index contributed by atoms with van der Waals surface area (Å²) < 4.78 is 6.25. The number of carbonyl (C=O) groups excluding carboxylic acids is 1. The van der Waals surface area contributed by atoms with Crippen LogP contribution < -0.4 is 5.32 Å². The zero-order valence-electron chi connectivity index (χ0n) is 9.67. The Bertz CT molecular complexity index is 429. The number of amides is 1. The number of carbonyl (C=O) groups is 1. The molecule has 0 atom stereocenters. The highest BCUT2D eigenvalue weighted by molar-refractivity contribution is 14.1. The van der Waals surface area contributed by atoms with E-state index in [-0.39, 0.29) is 5.91 Å². The van der Waals surface area contributed by atoms with Crippen LogP contribution in [0.25, 0.3) is 10.4 Å². The van der Waals surface area contributed by atoms with Crippen molar-refractivity contribution >= 4 is 28.5 Å². The summed E-state index contributed by atoms with van der Waals surface area (Å²) in [5, 5.41) is 6.07. The van der Waals surface area contributed by atoms with Gasteiger partial charge in [0.05, 0.1) is 13.2 Å². The quantitative estimate of drug-likeness (QED) is 0.266. The van der Waals surface area contributed by atoms with Gasteiger partial charge in [0.2, 0.25) is 0 Å². The molecule has 0 aliphatic rings. The van der Waals surface area contributed by atoms with Crippen LogP contribution in [0.1, 0.15) is 10.4 Å². The number of hydrogen-bond donors (Lipinski definition) is 1. The van der Waals surface area contributed by atoms with E-state index in [1.165, 1.54) is 0 Å². The number of halogens is 1. The molecule has 1 aromatic carbocycles. The molecule has 0 bridgehead atoms. The normalized spacial score (nSPS) is 9.61. The van der Waals surface area contributed by atoms with Gasteiger partial charge in [-0.3, -0.25) is 4.79 Å². The van der Waals surface area contributed by atoms with Crippen molar-refractivity contribution in [2.24, 2.45) is 5.11 Å². The molecule has 0 saturated carbocycles. The second-order valence-corrected chi connectivity index (χ2v) is 4.58. The fourth-order valence-electron chi connectivity index (χ4n) is 1.19. The average molecular weight is 360 g/mol. The molecular weight excluding hydrogens is 347 g/mol. The highest BCUT2D eigenvalue weighted by atomic mass is 127. The van der Waals surface area contributed by atoms with E-state index in [1.54, 1.807) is 12.1 Å². The van der Waals surface area contributed by atoms with Crippen LogP contribution >= 0.6 is 22.6 Å². The Hall–Kier alpha value is -1.31. The summed E-state index contributed by atoms with van der Waals surface area (Å²) in [5.41, 5.74) is 8.66. The minimum Gasteiger partial charge on any atom is -0.379 e. The van der Waals surface area contributed by atoms with Crippen LogP contribution in [0.5, 0.6) is 0 Å². The molecule has 1 rings (SSSR count). The molecular formula is C11H13IN4O2. The monoisotopic (exact) mass is 360 g/mol. The molecule has 0 aliphatic heterocycles. The zero-order valence-corrected chi connectivity index (χ0v) is 11.8. The van der Waals surface area contributed by atoms with Crippen molar-refractivity contribution in [1.29, 1.82) is 0 Å². The third-order valence-corrected chi connectivity index (χ3v) is 2.76. The first kappa shape index (κ1) is 14.7. The van der Waals surface area contributed by atoms with Crippen molar-refractivity contribution in [1.82, 2.24) is 5.32 Å². The Morgan fingerprint density at radius 2 is 2.11 bits per heavy atom. The molecule has 1 N–H and O–H groups in total. The van der Waals surface area contributed by atoms with E-state index in [0.717, 1.165) is 3.57 Å². The number of nitrogens with zero attached hydrogens (tertiary/aromatic N) is 3. The van der Waals surface area contributed by atoms with Gasteiger partial charge >= 0.3 is 0 Å². The van der Waals surface area contributed by atoms with Crippen molar-refractivity contribution in [3.63, 3.8) is 0 Å². The summed E-state index contributed by atoms with van der Waals surface area (Å²) in [6.45, 7) is 1.50. The van der Waals surface area contributed by atoms with E-state index in [9.17, 15) is 4.79 Å². The minimum absolute atomic E-state index is 0.120. The molecule has 18 heavy (non-hydrogen) atoms. The minimum atomic E-state index is -0.120. The number of hydrogen-bond acceptors (Lipinski definition) is 3. The van der Waals surface area contributed by atoms with Gasteiger partial charge in [0.25, 0.3) is 5.91 Å². The van der Waals surface area contributed by atoms with Crippen LogP contribution in [-0.4, -0.2) is 32.2 Å². The van der Waals surface area contributed by atoms with Crippen molar-refractivity contribution in [3.05, 3.63) is 43.8 Å². The second-order valence-electron chi connectivity index (χ2n) is 3.33. The molecule has 0 aliphatic carbocycles. The molecule has 0 saturated heterocycles. The van der Waals surface area contributed by atoms with E-state index in [4.69, 9.17) is 10.3 Å². The maximum atomic E-state index is 11.7. The van der Waals surface area contributed by atoms with Crippen LogP contribution in [-0.2, 0) is 4.74 Å². The molecule has 6 nitrogen and oxygen atoms in total. The summed E-state index contributed by atoms with van der Waals surface area (Å²) >= 11 is 2.18. The van der Waals surface area contributed by atoms with Gasteiger partial charge in [-0.25, -0.2) is 0 Å². The van der Waals surface area contributed by atoms with Crippen LogP contribution in [0.2, 0.25) is 0 Å². The van der Waals surface area contributed by atoms with E-state index in [2.05, 4.69) is 37.9 Å². The fraction of sp³-hybridized carbons (Fsp3) is 0.364. The SMILES string of the molecule is [N-]=[N+]=NCCOCCNC(=O)c1ccc(I)cc1. The van der Waals surface area contributed by atoms with E-state index < -0.39 is 0 Å². The zero-order chi connectivity index (χ0) is 13.2. The van der Waals surface area contributed by atoms with Gasteiger partial charge in [-0.2, -0.15) is 0 Å². The standard InChI is InChI=1S/C11H13IN4O2/c12-10-3-1-9(2-4-10)11(17)14-5-7-18-8-6-15-16-13/h1-4H,5-8H2,(H,14,17). The van der Waals surface area contributed by atoms with Gasteiger partial charge in [-0.05, 0) is 52.4 Å². The molecule has 96 valence electrons. The number of rotatable bonds is 7. The highest BCUT2D eigenvalue weighted by Gasteiger charge is 2.03. The maximum Gasteiger partial charge on any atom is 0.251 e. The maximum absolute atomic E-state index is 11.7. The van der Waals surface area contributed by atoms with Crippen LogP contribution in [0.4, 0.5) is 0 Å². The summed E-state index contributed by atoms with van der Waals surface area (Å²) in [7, 11) is 0. The lowest BCUT2D eigenvalue weighted by Gasteiger charge is -2.05. The predicted molar refractivity (Wildman–Crippen MR) is 76.3 cm³/mol. The Balaban J connectivity index is 2.17. The van der Waals surface area contributed by atoms with E-state index in [0.29, 0.717) is 31.9 Å². The largest absolute Gasteiger partial charge is 0.379 e. The third-order valence-electron chi connectivity index (χ3n) is 2.04. The van der Waals surface area contributed by atoms with Gasteiger partial charge in [-0.1, -0.05) is 5.11 Å². The van der Waals surface area contributed by atoms with Crippen LogP contribution in [0, 0.1) is 3.57 Å². The second kappa shape index (κ2) is 8.73. The first-order valence-electron chi connectivity index (χ1n) is 5.36. The highest BCUT2D eigenvalue weighted by Crippen LogP contribution is 2.06. The number of benzene rings is 1. The predicted octanol–water partition coefficient (Wildman–Crippen LogP) is 2.35. The molecule has 0 aromatic heterocycles. The fourth-order valence-corrected chi connectivity index (χ4v) is 1.55.